The van der Waals surface area contributed by atoms with Crippen LogP contribution in [0.15, 0.2) is 35.3 Å². The standard InChI is InChI=1S/C20H33N5O/c1-4-21-20(22-13-10-19(26)24(2)3)23-18-11-14-25(15-12-18)16-17-8-6-5-7-9-17/h5-9,18H,4,10-16H2,1-3H3,(H2,21,22,23). The molecule has 2 N–H and O–H groups in total. The summed E-state index contributed by atoms with van der Waals surface area (Å²) in [6.07, 6.45) is 2.65. The molecule has 1 heterocycles. The van der Waals surface area contributed by atoms with Gasteiger partial charge in [0.15, 0.2) is 5.96 Å². The summed E-state index contributed by atoms with van der Waals surface area (Å²) in [4.78, 5) is 20.3. The molecule has 0 radical (unpaired) electrons. The van der Waals surface area contributed by atoms with E-state index in [0.29, 0.717) is 19.0 Å². The fourth-order valence-corrected chi connectivity index (χ4v) is 3.08. The van der Waals surface area contributed by atoms with Gasteiger partial charge in [-0.2, -0.15) is 0 Å². The molecule has 6 nitrogen and oxygen atoms in total. The highest BCUT2D eigenvalue weighted by atomic mass is 16.2. The van der Waals surface area contributed by atoms with Crippen molar-refractivity contribution >= 4 is 11.9 Å². The van der Waals surface area contributed by atoms with Crippen LogP contribution >= 0.6 is 0 Å². The van der Waals surface area contributed by atoms with Gasteiger partial charge in [0.2, 0.25) is 5.91 Å². The lowest BCUT2D eigenvalue weighted by Gasteiger charge is -2.33. The van der Waals surface area contributed by atoms with Gasteiger partial charge in [-0.25, -0.2) is 0 Å². The summed E-state index contributed by atoms with van der Waals surface area (Å²) in [5.74, 6) is 0.930. The van der Waals surface area contributed by atoms with E-state index in [9.17, 15) is 4.79 Å². The summed E-state index contributed by atoms with van der Waals surface area (Å²) in [6, 6.07) is 11.1. The molecule has 0 aromatic heterocycles. The zero-order chi connectivity index (χ0) is 18.8. The third-order valence-electron chi connectivity index (χ3n) is 4.62. The Bertz CT molecular complexity index is 565. The molecule has 2 rings (SSSR count). The van der Waals surface area contributed by atoms with Crippen LogP contribution < -0.4 is 10.6 Å². The first-order valence-corrected chi connectivity index (χ1v) is 9.59. The van der Waals surface area contributed by atoms with Crippen molar-refractivity contribution in [2.24, 2.45) is 4.99 Å². The molecule has 26 heavy (non-hydrogen) atoms. The zero-order valence-electron chi connectivity index (χ0n) is 16.4. The minimum absolute atomic E-state index is 0.110. The van der Waals surface area contributed by atoms with Crippen LogP contribution in [0.25, 0.3) is 0 Å². The Labute approximate surface area is 157 Å². The number of carbonyl (C=O) groups is 1. The maximum absolute atomic E-state index is 11.7. The second-order valence-corrected chi connectivity index (χ2v) is 6.98. The number of nitrogens with zero attached hydrogens (tertiary/aromatic N) is 3. The Balaban J connectivity index is 1.76. The van der Waals surface area contributed by atoms with Crippen molar-refractivity contribution in [3.63, 3.8) is 0 Å². The van der Waals surface area contributed by atoms with Gasteiger partial charge in [0.05, 0.1) is 6.54 Å². The number of guanidine groups is 1. The average Bonchev–Trinajstić information content (AvgIpc) is 2.64. The molecule has 0 atom stereocenters. The van der Waals surface area contributed by atoms with Crippen LogP contribution in [0.4, 0.5) is 0 Å². The summed E-state index contributed by atoms with van der Waals surface area (Å²) in [5, 5.41) is 6.82. The van der Waals surface area contributed by atoms with Crippen LogP contribution in [0.5, 0.6) is 0 Å². The normalized spacial score (nSPS) is 16.3. The largest absolute Gasteiger partial charge is 0.357 e. The highest BCUT2D eigenvalue weighted by molar-refractivity contribution is 5.81. The fraction of sp³-hybridized carbons (Fsp3) is 0.600. The van der Waals surface area contributed by atoms with Crippen molar-refractivity contribution in [2.45, 2.75) is 38.8 Å². The lowest BCUT2D eigenvalue weighted by atomic mass is 10.0. The van der Waals surface area contributed by atoms with Gasteiger partial charge >= 0.3 is 0 Å². The van der Waals surface area contributed by atoms with E-state index in [4.69, 9.17) is 0 Å². The molecule has 6 heteroatoms. The van der Waals surface area contributed by atoms with Gasteiger partial charge in [0, 0.05) is 52.7 Å². The third kappa shape index (κ3) is 7.04. The number of piperidine rings is 1. The summed E-state index contributed by atoms with van der Waals surface area (Å²) >= 11 is 0. The molecule has 1 fully saturated rings. The first-order chi connectivity index (χ1) is 12.6. The first kappa shape index (κ1) is 20.2. The van der Waals surface area contributed by atoms with Gasteiger partial charge in [0.25, 0.3) is 0 Å². The molecule has 1 aromatic carbocycles. The monoisotopic (exact) mass is 359 g/mol. The van der Waals surface area contributed by atoms with Crippen LogP contribution in [0.2, 0.25) is 0 Å². The molecule has 1 amide bonds. The smallest absolute Gasteiger partial charge is 0.223 e. The molecule has 1 aliphatic rings. The van der Waals surface area contributed by atoms with Crippen molar-refractivity contribution in [3.8, 4) is 0 Å². The molecule has 0 spiro atoms. The average molecular weight is 360 g/mol. The number of rotatable bonds is 7. The van der Waals surface area contributed by atoms with E-state index in [1.165, 1.54) is 5.56 Å². The van der Waals surface area contributed by atoms with Crippen molar-refractivity contribution in [1.82, 2.24) is 20.4 Å². The summed E-state index contributed by atoms with van der Waals surface area (Å²) in [7, 11) is 3.55. The van der Waals surface area contributed by atoms with E-state index in [2.05, 4.69) is 57.8 Å². The molecule has 0 bridgehead atoms. The van der Waals surface area contributed by atoms with Crippen molar-refractivity contribution in [3.05, 3.63) is 35.9 Å². The second kappa shape index (κ2) is 10.8. The Kier molecular flexibility index (Phi) is 8.41. The van der Waals surface area contributed by atoms with Crippen LogP contribution in [-0.4, -0.2) is 68.0 Å². The topological polar surface area (TPSA) is 60.0 Å². The van der Waals surface area contributed by atoms with Gasteiger partial charge in [0.1, 0.15) is 0 Å². The van der Waals surface area contributed by atoms with Crippen LogP contribution in [-0.2, 0) is 11.3 Å². The molecule has 1 saturated heterocycles. The molecule has 0 aliphatic carbocycles. The number of aliphatic imine (C=N–C) groups is 1. The number of benzene rings is 1. The molecule has 0 unspecified atom stereocenters. The Morgan fingerprint density at radius 2 is 1.92 bits per heavy atom. The van der Waals surface area contributed by atoms with Crippen molar-refractivity contribution in [1.29, 1.82) is 0 Å². The fourth-order valence-electron chi connectivity index (χ4n) is 3.08. The number of nitrogens with one attached hydrogen (secondary N) is 2. The molecule has 1 aromatic rings. The van der Waals surface area contributed by atoms with Crippen LogP contribution in [0.1, 0.15) is 31.7 Å². The predicted octanol–water partition coefficient (Wildman–Crippen LogP) is 1.68. The van der Waals surface area contributed by atoms with E-state index in [1.54, 1.807) is 19.0 Å². The predicted molar refractivity (Wildman–Crippen MR) is 107 cm³/mol. The Hall–Kier alpha value is -2.08. The Morgan fingerprint density at radius 1 is 1.23 bits per heavy atom. The number of likely N-dealkylation sites (tertiary alicyclic amines) is 1. The van der Waals surface area contributed by atoms with Crippen molar-refractivity contribution in [2.75, 3.05) is 40.3 Å². The van der Waals surface area contributed by atoms with E-state index >= 15 is 0 Å². The van der Waals surface area contributed by atoms with Gasteiger partial charge < -0.3 is 15.5 Å². The lowest BCUT2D eigenvalue weighted by Crippen LogP contribution is -2.48. The summed E-state index contributed by atoms with van der Waals surface area (Å²) in [5.41, 5.74) is 1.37. The SMILES string of the molecule is CCNC(=NCCC(=O)N(C)C)NC1CCN(Cc2ccccc2)CC1. The number of hydrogen-bond acceptors (Lipinski definition) is 3. The van der Waals surface area contributed by atoms with E-state index < -0.39 is 0 Å². The second-order valence-electron chi connectivity index (χ2n) is 6.98. The molecular weight excluding hydrogens is 326 g/mol. The van der Waals surface area contributed by atoms with E-state index in [1.807, 2.05) is 0 Å². The minimum Gasteiger partial charge on any atom is -0.357 e. The van der Waals surface area contributed by atoms with Gasteiger partial charge in [-0.15, -0.1) is 0 Å². The van der Waals surface area contributed by atoms with Gasteiger partial charge in [-0.1, -0.05) is 30.3 Å². The molecular formula is C20H33N5O. The summed E-state index contributed by atoms with van der Waals surface area (Å²) < 4.78 is 0. The van der Waals surface area contributed by atoms with Gasteiger partial charge in [-0.3, -0.25) is 14.7 Å². The van der Waals surface area contributed by atoms with E-state index in [-0.39, 0.29) is 5.91 Å². The third-order valence-corrected chi connectivity index (χ3v) is 4.62. The molecule has 144 valence electrons. The Morgan fingerprint density at radius 3 is 2.54 bits per heavy atom. The number of carbonyl (C=O) groups excluding carboxylic acids is 1. The first-order valence-electron chi connectivity index (χ1n) is 9.59. The number of amides is 1. The van der Waals surface area contributed by atoms with Crippen molar-refractivity contribution < 1.29 is 4.79 Å². The summed E-state index contributed by atoms with van der Waals surface area (Å²) in [6.45, 7) is 6.59. The van der Waals surface area contributed by atoms with Crippen LogP contribution in [0.3, 0.4) is 0 Å². The van der Waals surface area contributed by atoms with E-state index in [0.717, 1.165) is 45.0 Å². The molecule has 1 aliphatic heterocycles. The quantitative estimate of drug-likeness (QED) is 0.574. The maximum Gasteiger partial charge on any atom is 0.223 e. The minimum atomic E-state index is 0.110. The lowest BCUT2D eigenvalue weighted by molar-refractivity contribution is -0.128. The van der Waals surface area contributed by atoms with Crippen LogP contribution in [0, 0.1) is 0 Å². The zero-order valence-corrected chi connectivity index (χ0v) is 16.4. The van der Waals surface area contributed by atoms with Gasteiger partial charge in [-0.05, 0) is 25.3 Å². The maximum atomic E-state index is 11.7. The molecule has 0 saturated carbocycles. The number of hydrogen-bond donors (Lipinski definition) is 2. The highest BCUT2D eigenvalue weighted by Gasteiger charge is 2.20. The highest BCUT2D eigenvalue weighted by Crippen LogP contribution is 2.13.